The monoisotopic (exact) mass is 355 g/mol. The first-order valence-corrected chi connectivity index (χ1v) is 8.23. The standard InChI is InChI=1S/C17H24N2O4.ClH/c1-14-6-3-2-4-11-18(14)12-5-13-23-17(20)15-7-9-16(10-8-15)19(21)22;/h7-10,14H,2-6,11-13H2,1H3;1H/p-1. The molecule has 1 heterocycles. The average Bonchev–Trinajstić information content (AvgIpc) is 2.76. The van der Waals surface area contributed by atoms with E-state index in [4.69, 9.17) is 4.74 Å². The van der Waals surface area contributed by atoms with Crippen molar-refractivity contribution in [2.24, 2.45) is 0 Å². The van der Waals surface area contributed by atoms with Gasteiger partial charge < -0.3 is 22.0 Å². The van der Waals surface area contributed by atoms with Crippen molar-refractivity contribution in [3.63, 3.8) is 0 Å². The number of rotatable bonds is 6. The highest BCUT2D eigenvalue weighted by molar-refractivity contribution is 5.89. The van der Waals surface area contributed by atoms with E-state index >= 15 is 0 Å². The number of halogens is 1. The number of hydrogen-bond donors (Lipinski definition) is 0. The summed E-state index contributed by atoms with van der Waals surface area (Å²) in [5.41, 5.74) is 0.315. The molecule has 1 aliphatic heterocycles. The Balaban J connectivity index is 0.00000288. The van der Waals surface area contributed by atoms with E-state index in [1.807, 2.05) is 0 Å². The lowest BCUT2D eigenvalue weighted by atomic mass is 10.1. The molecule has 1 fully saturated rings. The normalized spacial score (nSPS) is 18.3. The molecule has 0 N–H and O–H groups in total. The number of benzene rings is 1. The van der Waals surface area contributed by atoms with E-state index in [0.29, 0.717) is 18.2 Å². The molecule has 134 valence electrons. The molecular weight excluding hydrogens is 332 g/mol. The molecule has 1 atom stereocenters. The molecule has 0 saturated carbocycles. The van der Waals surface area contributed by atoms with E-state index in [0.717, 1.165) is 19.5 Å². The van der Waals surface area contributed by atoms with Gasteiger partial charge in [-0.25, -0.2) is 4.79 Å². The number of ether oxygens (including phenoxy) is 1. The van der Waals surface area contributed by atoms with Gasteiger partial charge in [-0.05, 0) is 44.9 Å². The number of hydrogen-bond acceptors (Lipinski definition) is 5. The van der Waals surface area contributed by atoms with Crippen LogP contribution >= 0.6 is 0 Å². The number of nitrogens with zero attached hydrogens (tertiary/aromatic N) is 2. The number of carbonyl (C=O) groups excluding carboxylic acids is 1. The third kappa shape index (κ3) is 6.09. The average molecular weight is 356 g/mol. The van der Waals surface area contributed by atoms with Gasteiger partial charge in [-0.3, -0.25) is 10.1 Å². The lowest BCUT2D eigenvalue weighted by molar-refractivity contribution is -0.384. The number of likely N-dealkylation sites (tertiary alicyclic amines) is 1. The van der Waals surface area contributed by atoms with Crippen molar-refractivity contribution in [3.05, 3.63) is 39.9 Å². The smallest absolute Gasteiger partial charge is 0.338 e. The highest BCUT2D eigenvalue weighted by atomic mass is 35.5. The molecule has 2 rings (SSSR count). The van der Waals surface area contributed by atoms with Crippen LogP contribution in [-0.2, 0) is 4.74 Å². The molecule has 0 aromatic heterocycles. The second-order valence-electron chi connectivity index (χ2n) is 6.03. The summed E-state index contributed by atoms with van der Waals surface area (Å²) in [6, 6.07) is 6.09. The van der Waals surface area contributed by atoms with Crippen LogP contribution in [-0.4, -0.2) is 41.5 Å². The zero-order chi connectivity index (χ0) is 16.7. The maximum atomic E-state index is 11.9. The topological polar surface area (TPSA) is 72.7 Å². The maximum Gasteiger partial charge on any atom is 0.338 e. The number of nitro groups is 1. The SMILES string of the molecule is CC1CCCCCN1CCCOC(=O)c1ccc([N+](=O)[O-])cc1.[Cl-]. The molecular formula is C17H24ClN2O4-. The van der Waals surface area contributed by atoms with Crippen molar-refractivity contribution >= 4 is 11.7 Å². The molecule has 6 nitrogen and oxygen atoms in total. The first-order chi connectivity index (χ1) is 11.1. The van der Waals surface area contributed by atoms with E-state index in [9.17, 15) is 14.9 Å². The van der Waals surface area contributed by atoms with E-state index < -0.39 is 10.9 Å². The largest absolute Gasteiger partial charge is 1.00 e. The molecule has 24 heavy (non-hydrogen) atoms. The summed E-state index contributed by atoms with van der Waals surface area (Å²) >= 11 is 0. The van der Waals surface area contributed by atoms with Crippen LogP contribution in [0.3, 0.4) is 0 Å². The van der Waals surface area contributed by atoms with E-state index in [1.165, 1.54) is 49.9 Å². The molecule has 0 amide bonds. The van der Waals surface area contributed by atoms with Gasteiger partial charge in [0, 0.05) is 24.7 Å². The number of non-ortho nitro benzene ring substituents is 1. The fourth-order valence-corrected chi connectivity index (χ4v) is 2.90. The van der Waals surface area contributed by atoms with Gasteiger partial charge in [0.1, 0.15) is 0 Å². The molecule has 1 unspecified atom stereocenters. The summed E-state index contributed by atoms with van der Waals surface area (Å²) in [5.74, 6) is -0.427. The van der Waals surface area contributed by atoms with Gasteiger partial charge in [0.2, 0.25) is 0 Å². The van der Waals surface area contributed by atoms with Crippen molar-refractivity contribution in [1.82, 2.24) is 4.90 Å². The second-order valence-corrected chi connectivity index (χ2v) is 6.03. The summed E-state index contributed by atoms with van der Waals surface area (Å²) < 4.78 is 5.25. The molecule has 0 bridgehead atoms. The Hall–Kier alpha value is -1.66. The number of esters is 1. The minimum Gasteiger partial charge on any atom is -1.00 e. The molecule has 1 saturated heterocycles. The van der Waals surface area contributed by atoms with Crippen molar-refractivity contribution in [2.45, 2.75) is 45.1 Å². The van der Waals surface area contributed by atoms with Crippen molar-refractivity contribution in [2.75, 3.05) is 19.7 Å². The molecule has 0 aliphatic carbocycles. The predicted octanol–water partition coefficient (Wildman–Crippen LogP) is 0.410. The van der Waals surface area contributed by atoms with Crippen LogP contribution in [0.15, 0.2) is 24.3 Å². The second kappa shape index (κ2) is 10.3. The van der Waals surface area contributed by atoms with Gasteiger partial charge in [-0.15, -0.1) is 0 Å². The van der Waals surface area contributed by atoms with Gasteiger partial charge in [0.05, 0.1) is 17.1 Å². The van der Waals surface area contributed by atoms with Crippen molar-refractivity contribution in [1.29, 1.82) is 0 Å². The zero-order valence-corrected chi connectivity index (χ0v) is 14.7. The third-order valence-electron chi connectivity index (χ3n) is 4.33. The predicted molar refractivity (Wildman–Crippen MR) is 87.5 cm³/mol. The molecule has 1 aromatic carbocycles. The van der Waals surface area contributed by atoms with Crippen molar-refractivity contribution < 1.29 is 26.9 Å². The Morgan fingerprint density at radius 2 is 2.00 bits per heavy atom. The summed E-state index contributed by atoms with van der Waals surface area (Å²) in [7, 11) is 0. The molecule has 0 radical (unpaired) electrons. The highest BCUT2D eigenvalue weighted by Crippen LogP contribution is 2.16. The molecule has 0 spiro atoms. The number of carbonyl (C=O) groups is 1. The van der Waals surface area contributed by atoms with Crippen LogP contribution in [0.25, 0.3) is 0 Å². The van der Waals surface area contributed by atoms with Gasteiger partial charge in [0.25, 0.3) is 5.69 Å². The molecule has 1 aliphatic rings. The lowest BCUT2D eigenvalue weighted by Crippen LogP contribution is -3.00. The first kappa shape index (κ1) is 20.4. The van der Waals surface area contributed by atoms with E-state index in [-0.39, 0.29) is 18.1 Å². The summed E-state index contributed by atoms with van der Waals surface area (Å²) in [6.45, 7) is 4.69. The van der Waals surface area contributed by atoms with Crippen LogP contribution in [0.4, 0.5) is 5.69 Å². The zero-order valence-electron chi connectivity index (χ0n) is 13.9. The minimum absolute atomic E-state index is 0. The third-order valence-corrected chi connectivity index (χ3v) is 4.33. The Bertz CT molecular complexity index is 536. The molecule has 7 heteroatoms. The van der Waals surface area contributed by atoms with Gasteiger partial charge in [-0.1, -0.05) is 12.8 Å². The Kier molecular flexibility index (Phi) is 8.71. The quantitative estimate of drug-likeness (QED) is 0.320. The van der Waals surface area contributed by atoms with E-state index in [2.05, 4.69) is 11.8 Å². The fraction of sp³-hybridized carbons (Fsp3) is 0.588. The van der Waals surface area contributed by atoms with Gasteiger partial charge in [0.15, 0.2) is 0 Å². The summed E-state index contributed by atoms with van der Waals surface area (Å²) in [6.07, 6.45) is 5.89. The van der Waals surface area contributed by atoms with Crippen LogP contribution in [0, 0.1) is 10.1 Å². The number of nitro benzene ring substituents is 1. The van der Waals surface area contributed by atoms with Crippen LogP contribution < -0.4 is 12.4 Å². The Morgan fingerprint density at radius 3 is 2.67 bits per heavy atom. The van der Waals surface area contributed by atoms with Crippen LogP contribution in [0.1, 0.15) is 49.4 Å². The van der Waals surface area contributed by atoms with Gasteiger partial charge in [-0.2, -0.15) is 0 Å². The lowest BCUT2D eigenvalue weighted by Gasteiger charge is -2.26. The molecule has 1 aromatic rings. The highest BCUT2D eigenvalue weighted by Gasteiger charge is 2.16. The van der Waals surface area contributed by atoms with Crippen molar-refractivity contribution in [3.8, 4) is 0 Å². The van der Waals surface area contributed by atoms with Crippen LogP contribution in [0.5, 0.6) is 0 Å². The minimum atomic E-state index is -0.489. The summed E-state index contributed by atoms with van der Waals surface area (Å²) in [4.78, 5) is 24.4. The first-order valence-electron chi connectivity index (χ1n) is 8.23. The summed E-state index contributed by atoms with van der Waals surface area (Å²) in [5, 5.41) is 10.6. The van der Waals surface area contributed by atoms with Crippen LogP contribution in [0.2, 0.25) is 0 Å². The van der Waals surface area contributed by atoms with E-state index in [1.54, 1.807) is 0 Å². The fourth-order valence-electron chi connectivity index (χ4n) is 2.90. The van der Waals surface area contributed by atoms with Gasteiger partial charge >= 0.3 is 5.97 Å². The Morgan fingerprint density at radius 1 is 1.29 bits per heavy atom. The Labute approximate surface area is 148 Å². The maximum absolute atomic E-state index is 11.9.